The molecule has 0 radical (unpaired) electrons. The molecule has 0 saturated carbocycles. The molecule has 0 bridgehead atoms. The Balaban J connectivity index is 1.25. The van der Waals surface area contributed by atoms with E-state index in [0.29, 0.717) is 23.9 Å². The Morgan fingerprint density at radius 1 is 1.12 bits per heavy atom. The van der Waals surface area contributed by atoms with Crippen LogP contribution in [0.3, 0.4) is 0 Å². The maximum Gasteiger partial charge on any atom is 0.312 e. The predicted octanol–water partition coefficient (Wildman–Crippen LogP) is 5.35. The van der Waals surface area contributed by atoms with Gasteiger partial charge in [0.15, 0.2) is 12.4 Å². The van der Waals surface area contributed by atoms with Crippen LogP contribution in [-0.2, 0) is 35.4 Å². The van der Waals surface area contributed by atoms with Gasteiger partial charge in [-0.15, -0.1) is 22.7 Å². The highest BCUT2D eigenvalue weighted by atomic mass is 32.1. The summed E-state index contributed by atoms with van der Waals surface area (Å²) in [7, 11) is 0. The number of nitrogens with zero attached hydrogens (tertiary/aromatic N) is 3. The van der Waals surface area contributed by atoms with Gasteiger partial charge in [-0.2, -0.15) is 0 Å². The van der Waals surface area contributed by atoms with Crippen molar-refractivity contribution in [2.45, 2.75) is 52.1 Å². The number of aryl methyl sites for hydroxylation is 2. The lowest BCUT2D eigenvalue weighted by atomic mass is 10.1. The molecule has 7 nitrogen and oxygen atoms in total. The van der Waals surface area contributed by atoms with E-state index >= 15 is 0 Å². The molecule has 1 aliphatic rings. The van der Waals surface area contributed by atoms with Gasteiger partial charge in [-0.3, -0.25) is 4.79 Å². The number of anilines is 1. The highest BCUT2D eigenvalue weighted by Gasteiger charge is 2.20. The van der Waals surface area contributed by atoms with Gasteiger partial charge in [0.1, 0.15) is 21.4 Å². The number of benzene rings is 1. The van der Waals surface area contributed by atoms with Gasteiger partial charge in [0.2, 0.25) is 0 Å². The van der Waals surface area contributed by atoms with Gasteiger partial charge >= 0.3 is 5.97 Å². The van der Waals surface area contributed by atoms with Gasteiger partial charge in [0.05, 0.1) is 29.7 Å². The highest BCUT2D eigenvalue weighted by molar-refractivity contribution is 7.19. The normalized spacial score (nSPS) is 13.4. The minimum atomic E-state index is -0.376. The van der Waals surface area contributed by atoms with E-state index < -0.39 is 0 Å². The molecule has 9 heteroatoms. The zero-order valence-corrected chi connectivity index (χ0v) is 20.6. The monoisotopic (exact) mass is 494 g/mol. The number of ether oxygens (including phenoxy) is 2. The van der Waals surface area contributed by atoms with E-state index in [1.165, 1.54) is 41.0 Å². The molecular weight excluding hydrogens is 468 g/mol. The fourth-order valence-corrected chi connectivity index (χ4v) is 6.39. The summed E-state index contributed by atoms with van der Waals surface area (Å²) in [5.74, 6) is 1.32. The second-order valence-electron chi connectivity index (χ2n) is 8.18. The number of thiophene rings is 1. The van der Waals surface area contributed by atoms with Crippen LogP contribution in [0.1, 0.15) is 48.1 Å². The van der Waals surface area contributed by atoms with Crippen molar-refractivity contribution in [3.63, 3.8) is 0 Å². The number of carbonyl (C=O) groups excluding carboxylic acids is 1. The zero-order chi connectivity index (χ0) is 23.5. The van der Waals surface area contributed by atoms with Crippen LogP contribution < -0.4 is 10.5 Å². The molecule has 0 fully saturated rings. The maximum atomic E-state index is 12.5. The molecule has 0 amide bonds. The molecule has 0 atom stereocenters. The third-order valence-electron chi connectivity index (χ3n) is 5.80. The lowest BCUT2D eigenvalue weighted by Crippen LogP contribution is -2.10. The molecule has 2 N–H and O–H groups in total. The fourth-order valence-electron chi connectivity index (χ4n) is 4.25. The van der Waals surface area contributed by atoms with Gasteiger partial charge < -0.3 is 15.2 Å². The second kappa shape index (κ2) is 10.1. The SMILES string of the molecule is CCOc1ccccc1-c1nc(CC(=O)OCc2nc(N)c3c4c(sc3n2)CCCCC4)cs1. The molecular formula is C25H26N4O3S2. The number of hydrogen-bond acceptors (Lipinski definition) is 9. The Morgan fingerprint density at radius 3 is 2.85 bits per heavy atom. The van der Waals surface area contributed by atoms with E-state index in [0.717, 1.165) is 39.4 Å². The van der Waals surface area contributed by atoms with Crippen LogP contribution in [-0.4, -0.2) is 27.5 Å². The van der Waals surface area contributed by atoms with Crippen LogP contribution in [0.5, 0.6) is 5.75 Å². The van der Waals surface area contributed by atoms with E-state index in [1.54, 1.807) is 11.3 Å². The van der Waals surface area contributed by atoms with Gasteiger partial charge in [0.25, 0.3) is 0 Å². The van der Waals surface area contributed by atoms with Crippen molar-refractivity contribution >= 4 is 44.7 Å². The third-order valence-corrected chi connectivity index (χ3v) is 7.91. The van der Waals surface area contributed by atoms with E-state index in [1.807, 2.05) is 36.6 Å². The number of esters is 1. The number of nitrogen functional groups attached to an aromatic ring is 1. The number of aromatic nitrogens is 3. The smallest absolute Gasteiger partial charge is 0.312 e. The van der Waals surface area contributed by atoms with Gasteiger partial charge in [-0.1, -0.05) is 18.6 Å². The molecule has 0 spiro atoms. The molecule has 4 aromatic rings. The minimum Gasteiger partial charge on any atom is -0.493 e. The minimum absolute atomic E-state index is 0.00823. The molecule has 0 aliphatic heterocycles. The molecule has 3 aromatic heterocycles. The van der Waals surface area contributed by atoms with Crippen LogP contribution in [0.4, 0.5) is 5.82 Å². The van der Waals surface area contributed by atoms with E-state index in [4.69, 9.17) is 15.2 Å². The molecule has 1 aromatic carbocycles. The number of fused-ring (bicyclic) bond motifs is 3. The van der Waals surface area contributed by atoms with Crippen molar-refractivity contribution in [3.8, 4) is 16.3 Å². The standard InChI is InChI=1S/C25H26N4O3S2/c1-2-31-18-10-7-6-8-16(18)24-27-15(14-33-24)12-21(30)32-13-20-28-23(26)22-17-9-4-3-5-11-19(17)34-25(22)29-20/h6-8,10,14H,2-5,9,11-13H2,1H3,(H2,26,28,29). The molecule has 3 heterocycles. The Bertz CT molecular complexity index is 1330. The summed E-state index contributed by atoms with van der Waals surface area (Å²) in [6.07, 6.45) is 5.81. The summed E-state index contributed by atoms with van der Waals surface area (Å²) in [6.45, 7) is 2.52. The predicted molar refractivity (Wildman–Crippen MR) is 135 cm³/mol. The van der Waals surface area contributed by atoms with Crippen LogP contribution in [0, 0.1) is 0 Å². The third kappa shape index (κ3) is 4.76. The number of hydrogen-bond donors (Lipinski definition) is 1. The molecule has 34 heavy (non-hydrogen) atoms. The molecule has 1 aliphatic carbocycles. The first-order valence-electron chi connectivity index (χ1n) is 11.5. The number of carbonyl (C=O) groups is 1. The first-order valence-corrected chi connectivity index (χ1v) is 13.2. The van der Waals surface area contributed by atoms with Crippen molar-refractivity contribution in [3.05, 3.63) is 51.6 Å². The van der Waals surface area contributed by atoms with Crippen molar-refractivity contribution in [2.75, 3.05) is 12.3 Å². The van der Waals surface area contributed by atoms with E-state index in [-0.39, 0.29) is 19.0 Å². The van der Waals surface area contributed by atoms with Gasteiger partial charge in [-0.25, -0.2) is 15.0 Å². The van der Waals surface area contributed by atoms with Crippen molar-refractivity contribution < 1.29 is 14.3 Å². The lowest BCUT2D eigenvalue weighted by Gasteiger charge is -2.07. The molecule has 0 saturated heterocycles. The Kier molecular flexibility index (Phi) is 6.73. The Morgan fingerprint density at radius 2 is 1.97 bits per heavy atom. The quantitative estimate of drug-likeness (QED) is 0.273. The van der Waals surface area contributed by atoms with Crippen LogP contribution in [0.2, 0.25) is 0 Å². The zero-order valence-electron chi connectivity index (χ0n) is 19.0. The summed E-state index contributed by atoms with van der Waals surface area (Å²) >= 11 is 3.17. The number of thiazole rings is 1. The van der Waals surface area contributed by atoms with Crippen molar-refractivity contribution in [1.82, 2.24) is 15.0 Å². The summed E-state index contributed by atoms with van der Waals surface area (Å²) in [4.78, 5) is 28.4. The number of rotatable bonds is 7. The fraction of sp³-hybridized carbons (Fsp3) is 0.360. The number of para-hydroxylation sites is 1. The molecule has 176 valence electrons. The summed E-state index contributed by atoms with van der Waals surface area (Å²) in [5.41, 5.74) is 9.18. The van der Waals surface area contributed by atoms with E-state index in [9.17, 15) is 4.79 Å². The molecule has 0 unspecified atom stereocenters. The first kappa shape index (κ1) is 22.7. The summed E-state index contributed by atoms with van der Waals surface area (Å²) < 4.78 is 11.2. The first-order chi connectivity index (χ1) is 16.6. The summed E-state index contributed by atoms with van der Waals surface area (Å²) in [6, 6.07) is 7.76. The van der Waals surface area contributed by atoms with Crippen molar-refractivity contribution in [1.29, 1.82) is 0 Å². The van der Waals surface area contributed by atoms with E-state index in [2.05, 4.69) is 15.0 Å². The maximum absolute atomic E-state index is 12.5. The van der Waals surface area contributed by atoms with Gasteiger partial charge in [-0.05, 0) is 50.3 Å². The second-order valence-corrected chi connectivity index (χ2v) is 10.1. The van der Waals surface area contributed by atoms with Crippen LogP contribution >= 0.6 is 22.7 Å². The highest BCUT2D eigenvalue weighted by Crippen LogP contribution is 2.37. The Labute approximate surface area is 206 Å². The Hall–Kier alpha value is -3.04. The topological polar surface area (TPSA) is 100 Å². The summed E-state index contributed by atoms with van der Waals surface area (Å²) in [5, 5.41) is 3.67. The average molecular weight is 495 g/mol. The average Bonchev–Trinajstić information content (AvgIpc) is 3.36. The lowest BCUT2D eigenvalue weighted by molar-refractivity contribution is -0.144. The van der Waals surface area contributed by atoms with Gasteiger partial charge in [0, 0.05) is 10.3 Å². The number of nitrogens with two attached hydrogens (primary N) is 1. The van der Waals surface area contributed by atoms with Crippen LogP contribution in [0.15, 0.2) is 29.6 Å². The largest absolute Gasteiger partial charge is 0.493 e. The molecule has 5 rings (SSSR count). The van der Waals surface area contributed by atoms with Crippen LogP contribution in [0.25, 0.3) is 20.8 Å². The van der Waals surface area contributed by atoms with Crippen molar-refractivity contribution in [2.24, 2.45) is 0 Å².